The molecule has 11 nitrogen and oxygen atoms in total. The molecule has 4 heterocycles. The Morgan fingerprint density at radius 3 is 1.85 bits per heavy atom. The number of amides is 1. The van der Waals surface area contributed by atoms with Gasteiger partial charge < -0.3 is 23.4 Å². The maximum Gasteiger partial charge on any atom is 0.410 e. The van der Waals surface area contributed by atoms with Gasteiger partial charge in [-0.25, -0.2) is 14.5 Å². The molecule has 8 aromatic rings. The van der Waals surface area contributed by atoms with E-state index < -0.39 is 31.7 Å². The van der Waals surface area contributed by atoms with Crippen molar-refractivity contribution in [3.63, 3.8) is 0 Å². The van der Waals surface area contributed by atoms with E-state index >= 15 is 0 Å². The Kier molecular flexibility index (Phi) is 13.9. The third-order valence-electron chi connectivity index (χ3n) is 14.3. The van der Waals surface area contributed by atoms with Gasteiger partial charge in [0.2, 0.25) is 0 Å². The zero-order valence-electron chi connectivity index (χ0n) is 43.3. The number of pyridine rings is 1. The number of fused-ring (bicyclic) bond motifs is 1. The van der Waals surface area contributed by atoms with E-state index in [0.29, 0.717) is 12.4 Å². The van der Waals surface area contributed by atoms with Crippen LogP contribution in [-0.4, -0.2) is 73.9 Å². The summed E-state index contributed by atoms with van der Waals surface area (Å²) >= 11 is 0. The number of carbonyl (C=O) groups excluding carboxylic acids is 1. The Bertz CT molecular complexity index is 2990. The standard InChI is InChI=1S/C60H67N7O4Si/c1-42-26-27-43(2)66(42)55-37-34-48(39-61-55)54(71-72(9,10)59(6,7)8)41-65(57(68)70-58(3,4)5)40-52-35-32-47-38-46(33-36-53(47)69-52)44-28-30-45(31-29-44)56-62-63-64-67(56)60(49-20-14-11-15-21-49,50-22-16-12-17-23-50)51-24-18-13-19-25-51/h11-31,33-34,36-39,52,54H,32,35,40-41H2,1-10H3. The lowest BCUT2D eigenvalue weighted by Crippen LogP contribution is -2.48. The summed E-state index contributed by atoms with van der Waals surface area (Å²) in [6.45, 7) is 21.7. The fourth-order valence-electron chi connectivity index (χ4n) is 9.55. The summed E-state index contributed by atoms with van der Waals surface area (Å²) in [7, 11) is -2.34. The van der Waals surface area contributed by atoms with Gasteiger partial charge in [-0.05, 0) is 145 Å². The predicted molar refractivity (Wildman–Crippen MR) is 288 cm³/mol. The molecular formula is C60H67N7O4Si. The van der Waals surface area contributed by atoms with Crippen LogP contribution in [0.1, 0.15) is 93.3 Å². The minimum Gasteiger partial charge on any atom is -0.488 e. The molecule has 2 unspecified atom stereocenters. The minimum absolute atomic E-state index is 0.0646. The number of hydrogen-bond acceptors (Lipinski definition) is 8. The second-order valence-corrected chi connectivity index (χ2v) is 26.3. The molecule has 0 aliphatic carbocycles. The Balaban J connectivity index is 0.968. The molecular weight excluding hydrogens is 911 g/mol. The molecule has 0 radical (unpaired) electrons. The van der Waals surface area contributed by atoms with Crippen LogP contribution in [0.5, 0.6) is 5.75 Å². The van der Waals surface area contributed by atoms with Crippen molar-refractivity contribution in [1.82, 2.24) is 34.7 Å². The first-order valence-electron chi connectivity index (χ1n) is 25.0. The van der Waals surface area contributed by atoms with Crippen LogP contribution in [0.15, 0.2) is 164 Å². The van der Waals surface area contributed by atoms with Gasteiger partial charge in [0.25, 0.3) is 0 Å². The van der Waals surface area contributed by atoms with Crippen molar-refractivity contribution in [2.24, 2.45) is 0 Å². The van der Waals surface area contributed by atoms with Crippen molar-refractivity contribution < 1.29 is 18.7 Å². The number of tetrazole rings is 1. The summed E-state index contributed by atoms with van der Waals surface area (Å²) < 4.78 is 24.1. The minimum atomic E-state index is -2.34. The summed E-state index contributed by atoms with van der Waals surface area (Å²) in [6.07, 6.45) is 2.31. The van der Waals surface area contributed by atoms with E-state index in [1.807, 2.05) is 55.9 Å². The monoisotopic (exact) mass is 978 g/mol. The maximum atomic E-state index is 14.2. The van der Waals surface area contributed by atoms with Crippen molar-refractivity contribution in [3.05, 3.63) is 203 Å². The number of aryl methyl sites for hydroxylation is 3. The molecule has 5 aromatic carbocycles. The lowest BCUT2D eigenvalue weighted by atomic mass is 9.77. The van der Waals surface area contributed by atoms with E-state index in [1.54, 1.807) is 4.90 Å². The largest absolute Gasteiger partial charge is 0.488 e. The number of carbonyl (C=O) groups is 1. The molecule has 9 rings (SSSR count). The van der Waals surface area contributed by atoms with Gasteiger partial charge in [0.1, 0.15) is 28.8 Å². The fraction of sp³-hybridized carbons (Fsp3) is 0.317. The topological polar surface area (TPSA) is 109 Å². The van der Waals surface area contributed by atoms with Crippen LogP contribution in [0.25, 0.3) is 28.3 Å². The van der Waals surface area contributed by atoms with Crippen LogP contribution >= 0.6 is 0 Å². The smallest absolute Gasteiger partial charge is 0.410 e. The van der Waals surface area contributed by atoms with Crippen LogP contribution in [0, 0.1) is 13.8 Å². The lowest BCUT2D eigenvalue weighted by molar-refractivity contribution is 0.00490. The van der Waals surface area contributed by atoms with E-state index in [-0.39, 0.29) is 17.7 Å². The van der Waals surface area contributed by atoms with Crippen molar-refractivity contribution in [1.29, 1.82) is 0 Å². The average Bonchev–Trinajstić information content (AvgIpc) is 3.99. The second kappa shape index (κ2) is 20.2. The summed E-state index contributed by atoms with van der Waals surface area (Å²) in [5.41, 5.74) is 8.88. The highest BCUT2D eigenvalue weighted by atomic mass is 28.4. The maximum absolute atomic E-state index is 14.2. The number of ether oxygens (including phenoxy) is 2. The molecule has 0 spiro atoms. The van der Waals surface area contributed by atoms with E-state index in [0.717, 1.165) is 80.3 Å². The van der Waals surface area contributed by atoms with Crippen molar-refractivity contribution in [2.45, 2.75) is 110 Å². The predicted octanol–water partition coefficient (Wildman–Crippen LogP) is 13.3. The van der Waals surface area contributed by atoms with Gasteiger partial charge >= 0.3 is 6.09 Å². The van der Waals surface area contributed by atoms with Crippen LogP contribution in [0.4, 0.5) is 4.79 Å². The Hall–Kier alpha value is -7.15. The summed E-state index contributed by atoms with van der Waals surface area (Å²) in [4.78, 5) is 20.9. The van der Waals surface area contributed by atoms with E-state index in [4.69, 9.17) is 24.1 Å². The van der Waals surface area contributed by atoms with Gasteiger partial charge in [0.15, 0.2) is 14.1 Å². The number of aromatic nitrogens is 6. The number of nitrogens with zero attached hydrogens (tertiary/aromatic N) is 7. The van der Waals surface area contributed by atoms with Crippen molar-refractivity contribution in [2.75, 3.05) is 13.1 Å². The molecule has 0 bridgehead atoms. The molecule has 0 fully saturated rings. The highest BCUT2D eigenvalue weighted by molar-refractivity contribution is 6.74. The molecule has 12 heteroatoms. The highest BCUT2D eigenvalue weighted by Crippen LogP contribution is 2.43. The Labute approximate surface area is 426 Å². The van der Waals surface area contributed by atoms with Crippen LogP contribution in [0.2, 0.25) is 18.1 Å². The number of benzene rings is 5. The fourth-order valence-corrected chi connectivity index (χ4v) is 10.8. The molecule has 0 N–H and O–H groups in total. The van der Waals surface area contributed by atoms with Crippen molar-refractivity contribution >= 4 is 14.4 Å². The molecule has 0 saturated heterocycles. The summed E-state index contributed by atoms with van der Waals surface area (Å²) in [5.74, 6) is 2.31. The van der Waals surface area contributed by atoms with Crippen LogP contribution < -0.4 is 4.74 Å². The zero-order valence-corrected chi connectivity index (χ0v) is 44.3. The first kappa shape index (κ1) is 49.8. The number of rotatable bonds is 14. The normalized spacial score (nSPS) is 14.6. The van der Waals surface area contributed by atoms with E-state index in [9.17, 15) is 4.79 Å². The van der Waals surface area contributed by atoms with Gasteiger partial charge in [-0.15, -0.1) is 5.10 Å². The molecule has 72 heavy (non-hydrogen) atoms. The van der Waals surface area contributed by atoms with Crippen LogP contribution in [-0.2, 0) is 21.1 Å². The van der Waals surface area contributed by atoms with Crippen molar-refractivity contribution in [3.8, 4) is 34.1 Å². The SMILES string of the molecule is Cc1ccc(C)n1-c1ccc(C(CN(CC2CCc3cc(-c4ccc(-c5nnnn5C(c5ccccc5)(c5ccccc5)c5ccccc5)cc4)ccc3O2)C(=O)OC(C)(C)C)O[Si](C)(C)C(C)(C)C)cn1. The summed E-state index contributed by atoms with van der Waals surface area (Å²) in [5, 5.41) is 13.6. The quantitative estimate of drug-likeness (QED) is 0.0783. The summed E-state index contributed by atoms with van der Waals surface area (Å²) in [6, 6.07) is 54.4. The number of hydrogen-bond donors (Lipinski definition) is 0. The average molecular weight is 978 g/mol. The molecule has 3 aromatic heterocycles. The zero-order chi connectivity index (χ0) is 50.8. The lowest BCUT2D eigenvalue weighted by Gasteiger charge is -2.41. The second-order valence-electron chi connectivity index (χ2n) is 21.6. The van der Waals surface area contributed by atoms with Gasteiger partial charge in [-0.2, -0.15) is 0 Å². The van der Waals surface area contributed by atoms with E-state index in [1.165, 1.54) is 0 Å². The first-order valence-corrected chi connectivity index (χ1v) is 27.9. The molecule has 1 aliphatic heterocycles. The first-order chi connectivity index (χ1) is 34.4. The Morgan fingerprint density at radius 2 is 1.31 bits per heavy atom. The molecule has 0 saturated carbocycles. The third kappa shape index (κ3) is 10.3. The third-order valence-corrected chi connectivity index (χ3v) is 18.8. The van der Waals surface area contributed by atoms with Gasteiger partial charge in [0, 0.05) is 23.1 Å². The Morgan fingerprint density at radius 1 is 0.736 bits per heavy atom. The molecule has 1 amide bonds. The van der Waals surface area contributed by atoms with Gasteiger partial charge in [-0.1, -0.05) is 148 Å². The molecule has 2 atom stereocenters. The molecule has 1 aliphatic rings. The van der Waals surface area contributed by atoms with Gasteiger partial charge in [-0.3, -0.25) is 0 Å². The molecule has 370 valence electrons. The van der Waals surface area contributed by atoms with Crippen LogP contribution in [0.3, 0.4) is 0 Å². The highest BCUT2D eigenvalue weighted by Gasteiger charge is 2.43. The van der Waals surface area contributed by atoms with E-state index in [2.05, 4.69) is 196 Å². The van der Waals surface area contributed by atoms with Gasteiger partial charge in [0.05, 0.1) is 19.2 Å².